The molecule has 0 fully saturated rings. The Morgan fingerprint density at radius 3 is 2.63 bits per heavy atom. The number of carbonyl (C=O) groups is 1. The summed E-state index contributed by atoms with van der Waals surface area (Å²) in [6, 6.07) is 20.1. The summed E-state index contributed by atoms with van der Waals surface area (Å²) < 4.78 is 11.0. The van der Waals surface area contributed by atoms with E-state index in [1.807, 2.05) is 49.4 Å². The minimum Gasteiger partial charge on any atom is -0.497 e. The number of hydrogen-bond acceptors (Lipinski definition) is 5. The number of nitrogens with zero attached hydrogens (tertiary/aromatic N) is 1. The van der Waals surface area contributed by atoms with Gasteiger partial charge < -0.3 is 14.5 Å². The Kier molecular flexibility index (Phi) is 5.45. The normalized spacial score (nSPS) is 10.6. The van der Waals surface area contributed by atoms with Gasteiger partial charge in [-0.2, -0.15) is 0 Å². The minimum atomic E-state index is -0.305. The molecule has 30 heavy (non-hydrogen) atoms. The lowest BCUT2D eigenvalue weighted by Crippen LogP contribution is -2.34. The lowest BCUT2D eigenvalue weighted by molar-refractivity contribution is 0.0977. The van der Waals surface area contributed by atoms with Crippen molar-refractivity contribution in [1.82, 2.24) is 10.3 Å². The van der Waals surface area contributed by atoms with Crippen molar-refractivity contribution >= 4 is 40.0 Å². The van der Waals surface area contributed by atoms with E-state index in [4.69, 9.17) is 21.4 Å². The van der Waals surface area contributed by atoms with Gasteiger partial charge in [-0.25, -0.2) is 4.98 Å². The van der Waals surface area contributed by atoms with Crippen LogP contribution >= 0.6 is 12.2 Å². The zero-order valence-electron chi connectivity index (χ0n) is 16.4. The molecule has 0 aliphatic carbocycles. The number of benzene rings is 3. The fraction of sp³-hybridized carbons (Fsp3) is 0.0870. The topological polar surface area (TPSA) is 76.4 Å². The molecule has 150 valence electrons. The van der Waals surface area contributed by atoms with Crippen LogP contribution in [0.15, 0.2) is 71.1 Å². The lowest BCUT2D eigenvalue weighted by Gasteiger charge is -2.10. The van der Waals surface area contributed by atoms with Crippen LogP contribution in [-0.4, -0.2) is 23.1 Å². The highest BCUT2D eigenvalue weighted by Crippen LogP contribution is 2.26. The number of aryl methyl sites for hydroxylation is 1. The average molecular weight is 417 g/mol. The highest BCUT2D eigenvalue weighted by molar-refractivity contribution is 7.80. The van der Waals surface area contributed by atoms with Crippen molar-refractivity contribution in [3.63, 3.8) is 0 Å². The Hall–Kier alpha value is -3.71. The maximum absolute atomic E-state index is 12.4. The second-order valence-corrected chi connectivity index (χ2v) is 7.12. The number of fused-ring (bicyclic) bond motifs is 1. The summed E-state index contributed by atoms with van der Waals surface area (Å²) in [6.07, 6.45) is 0. The molecule has 0 saturated heterocycles. The van der Waals surface area contributed by atoms with Crippen LogP contribution in [0.25, 0.3) is 22.6 Å². The number of oxazole rings is 1. The molecule has 1 aromatic heterocycles. The quantitative estimate of drug-likeness (QED) is 0.458. The van der Waals surface area contributed by atoms with Crippen LogP contribution in [0.5, 0.6) is 5.75 Å². The smallest absolute Gasteiger partial charge is 0.257 e. The number of aromatic nitrogens is 1. The second-order valence-electron chi connectivity index (χ2n) is 6.71. The largest absolute Gasteiger partial charge is 0.497 e. The molecule has 0 saturated carbocycles. The third-order valence-electron chi connectivity index (χ3n) is 4.49. The standard InChI is InChI=1S/C23H19N3O3S/c1-14-6-11-20-19(12-14)25-22(29-20)16-4-3-5-17(13-16)24-23(30)26-21(27)15-7-9-18(28-2)10-8-15/h3-13H,1-2H3,(H2,24,26,27,30). The molecule has 3 aromatic carbocycles. The van der Waals surface area contributed by atoms with Crippen molar-refractivity contribution in [3.05, 3.63) is 77.9 Å². The van der Waals surface area contributed by atoms with E-state index in [0.717, 1.165) is 22.2 Å². The number of thiocarbonyl (C=S) groups is 1. The Morgan fingerprint density at radius 2 is 1.87 bits per heavy atom. The van der Waals surface area contributed by atoms with Crippen LogP contribution in [0.3, 0.4) is 0 Å². The fourth-order valence-electron chi connectivity index (χ4n) is 2.97. The number of nitrogens with one attached hydrogen (secondary N) is 2. The Morgan fingerprint density at radius 1 is 1.07 bits per heavy atom. The van der Waals surface area contributed by atoms with Gasteiger partial charge in [0.2, 0.25) is 5.89 Å². The molecule has 0 radical (unpaired) electrons. The summed E-state index contributed by atoms with van der Waals surface area (Å²) in [5.74, 6) is 0.895. The van der Waals surface area contributed by atoms with E-state index < -0.39 is 0 Å². The fourth-order valence-corrected chi connectivity index (χ4v) is 3.18. The van der Waals surface area contributed by atoms with E-state index >= 15 is 0 Å². The van der Waals surface area contributed by atoms with E-state index in [0.29, 0.717) is 22.9 Å². The molecule has 0 atom stereocenters. The Balaban J connectivity index is 1.46. The molecule has 4 aromatic rings. The molecule has 7 heteroatoms. The summed E-state index contributed by atoms with van der Waals surface area (Å²) in [5, 5.41) is 5.89. The predicted octanol–water partition coefficient (Wildman–Crippen LogP) is 4.94. The molecular formula is C23H19N3O3S. The summed E-state index contributed by atoms with van der Waals surface area (Å²) >= 11 is 5.28. The van der Waals surface area contributed by atoms with Gasteiger partial charge in [-0.05, 0) is 79.3 Å². The van der Waals surface area contributed by atoms with Crippen molar-refractivity contribution in [2.24, 2.45) is 0 Å². The zero-order chi connectivity index (χ0) is 21.1. The van der Waals surface area contributed by atoms with E-state index in [1.54, 1.807) is 31.4 Å². The van der Waals surface area contributed by atoms with E-state index in [-0.39, 0.29) is 11.0 Å². The van der Waals surface area contributed by atoms with E-state index in [9.17, 15) is 4.79 Å². The van der Waals surface area contributed by atoms with Gasteiger partial charge in [0.15, 0.2) is 10.7 Å². The van der Waals surface area contributed by atoms with Crippen molar-refractivity contribution in [1.29, 1.82) is 0 Å². The molecule has 0 aliphatic rings. The highest BCUT2D eigenvalue weighted by Gasteiger charge is 2.11. The van der Waals surface area contributed by atoms with Crippen molar-refractivity contribution < 1.29 is 13.9 Å². The molecule has 0 bridgehead atoms. The van der Waals surface area contributed by atoms with Crippen LogP contribution in [0, 0.1) is 6.92 Å². The van der Waals surface area contributed by atoms with Crippen LogP contribution in [0.1, 0.15) is 15.9 Å². The van der Waals surface area contributed by atoms with Gasteiger partial charge in [-0.1, -0.05) is 12.1 Å². The number of carbonyl (C=O) groups excluding carboxylic acids is 1. The van der Waals surface area contributed by atoms with E-state index in [1.165, 1.54) is 0 Å². The molecule has 6 nitrogen and oxygen atoms in total. The van der Waals surface area contributed by atoms with Gasteiger partial charge in [0.05, 0.1) is 7.11 Å². The molecule has 4 rings (SSSR count). The van der Waals surface area contributed by atoms with Crippen molar-refractivity contribution in [2.75, 3.05) is 12.4 Å². The third-order valence-corrected chi connectivity index (χ3v) is 4.69. The van der Waals surface area contributed by atoms with Crippen LogP contribution in [0.2, 0.25) is 0 Å². The number of hydrogen-bond donors (Lipinski definition) is 2. The highest BCUT2D eigenvalue weighted by atomic mass is 32.1. The van der Waals surface area contributed by atoms with Gasteiger partial charge in [0.1, 0.15) is 11.3 Å². The maximum atomic E-state index is 12.4. The first-order chi connectivity index (χ1) is 14.5. The van der Waals surface area contributed by atoms with Crippen molar-refractivity contribution in [3.8, 4) is 17.2 Å². The molecule has 2 N–H and O–H groups in total. The molecular weight excluding hydrogens is 398 g/mol. The molecule has 0 aliphatic heterocycles. The van der Waals surface area contributed by atoms with Gasteiger partial charge in [0, 0.05) is 16.8 Å². The lowest BCUT2D eigenvalue weighted by atomic mass is 10.2. The van der Waals surface area contributed by atoms with Crippen molar-refractivity contribution in [2.45, 2.75) is 6.92 Å². The zero-order valence-corrected chi connectivity index (χ0v) is 17.2. The SMILES string of the molecule is COc1ccc(C(=O)NC(=S)Nc2cccc(-c3nc4cc(C)ccc4o3)c2)cc1. The van der Waals surface area contributed by atoms with Gasteiger partial charge >= 0.3 is 0 Å². The summed E-state index contributed by atoms with van der Waals surface area (Å²) in [4.78, 5) is 16.9. The number of anilines is 1. The molecule has 0 unspecified atom stereocenters. The average Bonchev–Trinajstić information content (AvgIpc) is 3.17. The molecule has 1 heterocycles. The predicted molar refractivity (Wildman–Crippen MR) is 121 cm³/mol. The maximum Gasteiger partial charge on any atom is 0.257 e. The first-order valence-electron chi connectivity index (χ1n) is 9.26. The van der Waals surface area contributed by atoms with Gasteiger partial charge in [0.25, 0.3) is 5.91 Å². The Labute approximate surface area is 178 Å². The first-order valence-corrected chi connectivity index (χ1v) is 9.67. The van der Waals surface area contributed by atoms with Crippen LogP contribution in [-0.2, 0) is 0 Å². The second kappa shape index (κ2) is 8.34. The number of amides is 1. The number of methoxy groups -OCH3 is 1. The minimum absolute atomic E-state index is 0.196. The first kappa shape index (κ1) is 19.6. The number of ether oxygens (including phenoxy) is 1. The molecule has 1 amide bonds. The van der Waals surface area contributed by atoms with Gasteiger partial charge in [-0.3, -0.25) is 10.1 Å². The van der Waals surface area contributed by atoms with E-state index in [2.05, 4.69) is 15.6 Å². The van der Waals surface area contributed by atoms with Gasteiger partial charge in [-0.15, -0.1) is 0 Å². The summed E-state index contributed by atoms with van der Waals surface area (Å²) in [6.45, 7) is 2.01. The summed E-state index contributed by atoms with van der Waals surface area (Å²) in [5.41, 5.74) is 4.66. The Bertz CT molecular complexity index is 1230. The summed E-state index contributed by atoms with van der Waals surface area (Å²) in [7, 11) is 1.57. The van der Waals surface area contributed by atoms with Crippen LogP contribution in [0.4, 0.5) is 5.69 Å². The van der Waals surface area contributed by atoms with Crippen LogP contribution < -0.4 is 15.4 Å². The monoisotopic (exact) mass is 417 g/mol. The third kappa shape index (κ3) is 4.31. The molecule has 0 spiro atoms. The number of rotatable bonds is 4.